The van der Waals surface area contributed by atoms with Gasteiger partial charge in [-0.15, -0.1) is 0 Å². The van der Waals surface area contributed by atoms with E-state index in [-0.39, 0.29) is 5.91 Å². The second kappa shape index (κ2) is 3.57. The molecular formula is C9H16N4O. The first-order valence-corrected chi connectivity index (χ1v) is 5.05. The molecule has 5 heteroatoms. The molecule has 2 rings (SSSR count). The molecule has 0 bridgehead atoms. The number of aliphatic imine (C=N–C) groups is 1. The Morgan fingerprint density at radius 3 is 2.57 bits per heavy atom. The number of hydrogen-bond donors (Lipinski definition) is 3. The second-order valence-corrected chi connectivity index (χ2v) is 3.85. The average Bonchev–Trinajstić information content (AvgIpc) is 2.72. The Hall–Kier alpha value is -1.10. The van der Waals surface area contributed by atoms with E-state index < -0.39 is 5.41 Å². The van der Waals surface area contributed by atoms with Crippen LogP contribution in [0.1, 0.15) is 12.8 Å². The number of rotatable bonds is 2. The molecular weight excluding hydrogens is 180 g/mol. The van der Waals surface area contributed by atoms with E-state index in [1.54, 1.807) is 0 Å². The van der Waals surface area contributed by atoms with E-state index in [0.29, 0.717) is 0 Å². The number of amides is 1. The zero-order valence-electron chi connectivity index (χ0n) is 8.18. The molecule has 0 saturated carbocycles. The van der Waals surface area contributed by atoms with Crippen LogP contribution in [0.3, 0.4) is 0 Å². The zero-order chi connectivity index (χ0) is 10.0. The summed E-state index contributed by atoms with van der Waals surface area (Å²) in [4.78, 5) is 15.9. The first-order chi connectivity index (χ1) is 6.76. The summed E-state index contributed by atoms with van der Waals surface area (Å²) in [6.07, 6.45) is 1.52. The summed E-state index contributed by atoms with van der Waals surface area (Å²) in [7, 11) is 0. The second-order valence-electron chi connectivity index (χ2n) is 3.85. The monoisotopic (exact) mass is 196 g/mol. The summed E-state index contributed by atoms with van der Waals surface area (Å²) in [6.45, 7) is 3.27. The van der Waals surface area contributed by atoms with Gasteiger partial charge in [-0.05, 0) is 25.9 Å². The van der Waals surface area contributed by atoms with Gasteiger partial charge in [0.2, 0.25) is 5.91 Å². The Labute approximate surface area is 83.1 Å². The molecule has 1 fully saturated rings. The molecule has 0 unspecified atom stereocenters. The Morgan fingerprint density at radius 2 is 2.07 bits per heavy atom. The number of carbonyl (C=O) groups is 1. The minimum atomic E-state index is -0.526. The third kappa shape index (κ3) is 1.37. The summed E-state index contributed by atoms with van der Waals surface area (Å²) in [5.74, 6) is 0.568. The molecule has 0 atom stereocenters. The van der Waals surface area contributed by atoms with Crippen LogP contribution in [0.5, 0.6) is 0 Å². The van der Waals surface area contributed by atoms with Gasteiger partial charge in [0.1, 0.15) is 11.3 Å². The molecule has 0 aromatic carbocycles. The molecule has 2 aliphatic rings. The molecule has 0 radical (unpaired) electrons. The van der Waals surface area contributed by atoms with Gasteiger partial charge in [-0.3, -0.25) is 9.79 Å². The maximum atomic E-state index is 11.5. The molecule has 14 heavy (non-hydrogen) atoms. The Kier molecular flexibility index (Phi) is 2.41. The molecule has 2 aliphatic heterocycles. The number of piperidine rings is 1. The fourth-order valence-electron chi connectivity index (χ4n) is 2.17. The highest BCUT2D eigenvalue weighted by molar-refractivity contribution is 6.07. The van der Waals surface area contributed by atoms with Gasteiger partial charge in [0.15, 0.2) is 0 Å². The summed E-state index contributed by atoms with van der Waals surface area (Å²) in [6, 6.07) is 0. The summed E-state index contributed by atoms with van der Waals surface area (Å²) in [5, 5.41) is 6.40. The van der Waals surface area contributed by atoms with E-state index in [9.17, 15) is 4.79 Å². The Morgan fingerprint density at radius 1 is 1.36 bits per heavy atom. The van der Waals surface area contributed by atoms with Gasteiger partial charge in [-0.2, -0.15) is 0 Å². The smallest absolute Gasteiger partial charge is 0.231 e. The zero-order valence-corrected chi connectivity index (χ0v) is 8.18. The maximum Gasteiger partial charge on any atom is 0.231 e. The van der Waals surface area contributed by atoms with Crippen molar-refractivity contribution in [2.24, 2.45) is 16.1 Å². The van der Waals surface area contributed by atoms with Crippen molar-refractivity contribution in [1.29, 1.82) is 0 Å². The quantitative estimate of drug-likeness (QED) is 0.521. The van der Waals surface area contributed by atoms with Crippen molar-refractivity contribution in [3.63, 3.8) is 0 Å². The summed E-state index contributed by atoms with van der Waals surface area (Å²) < 4.78 is 0. The lowest BCUT2D eigenvalue weighted by molar-refractivity contribution is -0.125. The number of nitrogens with zero attached hydrogens (tertiary/aromatic N) is 1. The van der Waals surface area contributed by atoms with E-state index in [0.717, 1.165) is 44.9 Å². The molecule has 0 aliphatic carbocycles. The first-order valence-electron chi connectivity index (χ1n) is 5.05. The fraction of sp³-hybridized carbons (Fsp3) is 0.778. The molecule has 5 nitrogen and oxygen atoms in total. The van der Waals surface area contributed by atoms with Crippen LogP contribution < -0.4 is 16.4 Å². The van der Waals surface area contributed by atoms with Crippen LogP contribution >= 0.6 is 0 Å². The van der Waals surface area contributed by atoms with Crippen molar-refractivity contribution in [3.8, 4) is 0 Å². The lowest BCUT2D eigenvalue weighted by atomic mass is 9.77. The van der Waals surface area contributed by atoms with Gasteiger partial charge in [0.25, 0.3) is 0 Å². The largest absolute Gasteiger partial charge is 0.371 e. The minimum absolute atomic E-state index is 0.243. The molecule has 2 heterocycles. The predicted octanol–water partition coefficient (Wildman–Crippen LogP) is -1.16. The van der Waals surface area contributed by atoms with Crippen molar-refractivity contribution < 1.29 is 4.79 Å². The number of hydrogen-bond acceptors (Lipinski definition) is 4. The van der Waals surface area contributed by atoms with Crippen LogP contribution in [0.4, 0.5) is 0 Å². The third-order valence-corrected chi connectivity index (χ3v) is 3.06. The Balaban J connectivity index is 2.24. The molecule has 0 spiro atoms. The lowest BCUT2D eigenvalue weighted by Crippen LogP contribution is -2.53. The number of amidine groups is 1. The molecule has 1 saturated heterocycles. The molecule has 4 N–H and O–H groups in total. The Bertz CT molecular complexity index is 268. The number of primary amides is 1. The highest BCUT2D eigenvalue weighted by Crippen LogP contribution is 2.30. The van der Waals surface area contributed by atoms with Gasteiger partial charge in [-0.1, -0.05) is 0 Å². The van der Waals surface area contributed by atoms with Crippen molar-refractivity contribution in [2.75, 3.05) is 26.2 Å². The van der Waals surface area contributed by atoms with E-state index in [2.05, 4.69) is 15.6 Å². The van der Waals surface area contributed by atoms with Crippen LogP contribution in [0.25, 0.3) is 0 Å². The van der Waals surface area contributed by atoms with E-state index >= 15 is 0 Å². The van der Waals surface area contributed by atoms with Gasteiger partial charge in [0.05, 0.1) is 6.54 Å². The number of nitrogens with one attached hydrogen (secondary N) is 2. The van der Waals surface area contributed by atoms with Gasteiger partial charge in [0, 0.05) is 6.54 Å². The minimum Gasteiger partial charge on any atom is -0.371 e. The predicted molar refractivity (Wildman–Crippen MR) is 54.0 cm³/mol. The van der Waals surface area contributed by atoms with E-state index in [1.165, 1.54) is 0 Å². The number of carbonyl (C=O) groups excluding carboxylic acids is 1. The standard InChI is InChI=1S/C9H16N4O/c10-7(14)9(1-3-11-4-2-9)8-12-5-6-13-8/h11H,1-6H2,(H2,10,14)(H,12,13). The van der Waals surface area contributed by atoms with Crippen molar-refractivity contribution >= 4 is 11.7 Å². The van der Waals surface area contributed by atoms with Gasteiger partial charge in [-0.25, -0.2) is 0 Å². The highest BCUT2D eigenvalue weighted by Gasteiger charge is 2.43. The van der Waals surface area contributed by atoms with Crippen LogP contribution in [0, 0.1) is 5.41 Å². The summed E-state index contributed by atoms with van der Waals surface area (Å²) in [5.41, 5.74) is 4.97. The van der Waals surface area contributed by atoms with E-state index in [1.807, 2.05) is 0 Å². The molecule has 78 valence electrons. The lowest BCUT2D eigenvalue weighted by Gasteiger charge is -2.34. The highest BCUT2D eigenvalue weighted by atomic mass is 16.1. The van der Waals surface area contributed by atoms with Crippen molar-refractivity contribution in [2.45, 2.75) is 12.8 Å². The fourth-order valence-corrected chi connectivity index (χ4v) is 2.17. The van der Waals surface area contributed by atoms with Gasteiger partial charge < -0.3 is 16.4 Å². The topological polar surface area (TPSA) is 79.5 Å². The van der Waals surface area contributed by atoms with Crippen LogP contribution in [0.15, 0.2) is 4.99 Å². The number of nitrogens with two attached hydrogens (primary N) is 1. The maximum absolute atomic E-state index is 11.5. The van der Waals surface area contributed by atoms with Crippen LogP contribution in [-0.4, -0.2) is 37.9 Å². The summed E-state index contributed by atoms with van der Waals surface area (Å²) >= 11 is 0. The van der Waals surface area contributed by atoms with Gasteiger partial charge >= 0.3 is 0 Å². The average molecular weight is 196 g/mol. The first kappa shape index (κ1) is 9.45. The van der Waals surface area contributed by atoms with Crippen LogP contribution in [-0.2, 0) is 4.79 Å². The third-order valence-electron chi connectivity index (χ3n) is 3.06. The molecule has 0 aromatic heterocycles. The van der Waals surface area contributed by atoms with Crippen molar-refractivity contribution in [3.05, 3.63) is 0 Å². The van der Waals surface area contributed by atoms with E-state index in [4.69, 9.17) is 5.73 Å². The van der Waals surface area contributed by atoms with Crippen LogP contribution in [0.2, 0.25) is 0 Å². The molecule has 0 aromatic rings. The molecule has 1 amide bonds. The normalized spacial score (nSPS) is 25.3. The SMILES string of the molecule is NC(=O)C1(C2=NCCN2)CCNCC1. The van der Waals surface area contributed by atoms with Crippen molar-refractivity contribution in [1.82, 2.24) is 10.6 Å².